The van der Waals surface area contributed by atoms with Crippen LogP contribution in [0.1, 0.15) is 56.7 Å². The molecule has 116 valence electrons. The fraction of sp³-hybridized carbons (Fsp3) is 0.588. The van der Waals surface area contributed by atoms with E-state index in [1.165, 1.54) is 36.8 Å². The first-order valence-electron chi connectivity index (χ1n) is 8.08. The molecule has 0 bridgehead atoms. The van der Waals surface area contributed by atoms with Crippen LogP contribution in [0.5, 0.6) is 0 Å². The van der Waals surface area contributed by atoms with Gasteiger partial charge in [-0.2, -0.15) is 0 Å². The molecule has 0 amide bonds. The maximum atomic E-state index is 7.69. The van der Waals surface area contributed by atoms with Gasteiger partial charge in [-0.25, -0.2) is 0 Å². The Morgan fingerprint density at radius 3 is 2.76 bits per heavy atom. The van der Waals surface area contributed by atoms with Gasteiger partial charge in [0.1, 0.15) is 0 Å². The number of nitrogens with two attached hydrogens (primary N) is 1. The highest BCUT2D eigenvalue weighted by Gasteiger charge is 2.30. The van der Waals surface area contributed by atoms with Crippen LogP contribution >= 0.6 is 0 Å². The summed E-state index contributed by atoms with van der Waals surface area (Å²) in [5.41, 5.74) is 8.58. The minimum atomic E-state index is 0.167. The number of nitrogens with one attached hydrogen (secondary N) is 1. The Balaban J connectivity index is 2.10. The maximum absolute atomic E-state index is 7.69. The predicted molar refractivity (Wildman–Crippen MR) is 88.0 cm³/mol. The molecule has 1 atom stereocenters. The average Bonchev–Trinajstić information content (AvgIpc) is 2.82. The monoisotopic (exact) mass is 288 g/mol. The number of benzene rings is 1. The van der Waals surface area contributed by atoms with E-state index >= 15 is 0 Å². The molecule has 1 aromatic carbocycles. The van der Waals surface area contributed by atoms with Crippen molar-refractivity contribution in [3.05, 3.63) is 35.4 Å². The van der Waals surface area contributed by atoms with Gasteiger partial charge >= 0.3 is 0 Å². The topological polar surface area (TPSA) is 56.4 Å². The van der Waals surface area contributed by atoms with Crippen molar-refractivity contribution in [1.82, 2.24) is 9.80 Å². The van der Waals surface area contributed by atoms with E-state index in [0.29, 0.717) is 6.04 Å². The zero-order valence-corrected chi connectivity index (χ0v) is 13.3. The van der Waals surface area contributed by atoms with E-state index in [1.54, 1.807) is 0 Å². The molecule has 1 aliphatic rings. The fourth-order valence-corrected chi connectivity index (χ4v) is 3.17. The second-order valence-electron chi connectivity index (χ2n) is 5.84. The summed E-state index contributed by atoms with van der Waals surface area (Å²) >= 11 is 0. The van der Waals surface area contributed by atoms with Gasteiger partial charge in [0.2, 0.25) is 0 Å². The smallest absolute Gasteiger partial charge is 0.189 e. The van der Waals surface area contributed by atoms with E-state index in [0.717, 1.165) is 19.8 Å². The highest BCUT2D eigenvalue weighted by molar-refractivity contribution is 5.74. The lowest BCUT2D eigenvalue weighted by molar-refractivity contribution is 0.137. The molecule has 4 nitrogen and oxygen atoms in total. The minimum Gasteiger partial charge on any atom is -0.370 e. The SMILES string of the molecule is CCCCCC1c2ccccc2CN1CN(CC)C(=N)N. The van der Waals surface area contributed by atoms with Gasteiger partial charge in [-0.15, -0.1) is 0 Å². The molecule has 0 saturated carbocycles. The highest BCUT2D eigenvalue weighted by Crippen LogP contribution is 2.36. The Labute approximate surface area is 128 Å². The molecule has 0 saturated heterocycles. The summed E-state index contributed by atoms with van der Waals surface area (Å²) in [6.07, 6.45) is 5.00. The standard InChI is InChI=1S/C17H28N4/c1-3-5-6-11-16-15-10-8-7-9-14(15)12-21(16)13-20(4-2)17(18)19/h7-10,16H,3-6,11-13H2,1-2H3,(H3,18,19). The molecule has 1 aromatic rings. The van der Waals surface area contributed by atoms with Crippen LogP contribution in [0, 0.1) is 5.41 Å². The van der Waals surface area contributed by atoms with Crippen molar-refractivity contribution in [2.75, 3.05) is 13.2 Å². The van der Waals surface area contributed by atoms with Crippen LogP contribution in [-0.4, -0.2) is 29.0 Å². The highest BCUT2D eigenvalue weighted by atomic mass is 15.4. The molecule has 4 heteroatoms. The number of nitrogens with zero attached hydrogens (tertiary/aromatic N) is 2. The van der Waals surface area contributed by atoms with Crippen LogP contribution in [0.15, 0.2) is 24.3 Å². The Morgan fingerprint density at radius 2 is 2.10 bits per heavy atom. The lowest BCUT2D eigenvalue weighted by Gasteiger charge is -2.31. The van der Waals surface area contributed by atoms with E-state index in [-0.39, 0.29) is 5.96 Å². The summed E-state index contributed by atoms with van der Waals surface area (Å²) in [4.78, 5) is 4.39. The van der Waals surface area contributed by atoms with Crippen molar-refractivity contribution < 1.29 is 0 Å². The van der Waals surface area contributed by atoms with Crippen LogP contribution in [-0.2, 0) is 6.54 Å². The van der Waals surface area contributed by atoms with Gasteiger partial charge in [0.25, 0.3) is 0 Å². The molecular weight excluding hydrogens is 260 g/mol. The Kier molecular flexibility index (Phi) is 5.62. The number of hydrogen-bond acceptors (Lipinski definition) is 2. The molecule has 1 unspecified atom stereocenters. The Morgan fingerprint density at radius 1 is 1.33 bits per heavy atom. The van der Waals surface area contributed by atoms with Gasteiger partial charge in [0.15, 0.2) is 5.96 Å². The van der Waals surface area contributed by atoms with E-state index in [9.17, 15) is 0 Å². The number of rotatable bonds is 7. The number of hydrogen-bond donors (Lipinski definition) is 2. The van der Waals surface area contributed by atoms with Crippen molar-refractivity contribution in [2.24, 2.45) is 5.73 Å². The molecule has 0 fully saturated rings. The molecule has 0 radical (unpaired) electrons. The second kappa shape index (κ2) is 7.46. The molecule has 0 spiro atoms. The summed E-state index contributed by atoms with van der Waals surface area (Å²) in [6, 6.07) is 9.22. The fourth-order valence-electron chi connectivity index (χ4n) is 3.17. The average molecular weight is 288 g/mol. The molecule has 21 heavy (non-hydrogen) atoms. The van der Waals surface area contributed by atoms with Crippen LogP contribution in [0.4, 0.5) is 0 Å². The molecule has 3 N–H and O–H groups in total. The molecule has 0 aromatic heterocycles. The van der Waals surface area contributed by atoms with Gasteiger partial charge < -0.3 is 10.6 Å². The molecular formula is C17H28N4. The summed E-state index contributed by atoms with van der Waals surface area (Å²) in [5.74, 6) is 0.167. The van der Waals surface area contributed by atoms with Crippen LogP contribution in [0.25, 0.3) is 0 Å². The number of unbranched alkanes of at least 4 members (excludes halogenated alkanes) is 2. The van der Waals surface area contributed by atoms with Gasteiger partial charge in [0, 0.05) is 19.1 Å². The summed E-state index contributed by atoms with van der Waals surface area (Å²) in [5, 5.41) is 7.69. The van der Waals surface area contributed by atoms with E-state index in [1.807, 2.05) is 4.90 Å². The Hall–Kier alpha value is -1.55. The minimum absolute atomic E-state index is 0.167. The van der Waals surface area contributed by atoms with Crippen molar-refractivity contribution in [1.29, 1.82) is 5.41 Å². The molecule has 0 aliphatic carbocycles. The van der Waals surface area contributed by atoms with Gasteiger partial charge in [0.05, 0.1) is 6.67 Å². The van der Waals surface area contributed by atoms with Gasteiger partial charge in [-0.3, -0.25) is 10.3 Å². The number of fused-ring (bicyclic) bond motifs is 1. The first kappa shape index (κ1) is 15.8. The van der Waals surface area contributed by atoms with Crippen LogP contribution in [0.2, 0.25) is 0 Å². The largest absolute Gasteiger partial charge is 0.370 e. The van der Waals surface area contributed by atoms with Crippen molar-refractivity contribution in [3.8, 4) is 0 Å². The lowest BCUT2D eigenvalue weighted by atomic mass is 10.00. The van der Waals surface area contributed by atoms with Crippen LogP contribution in [0.3, 0.4) is 0 Å². The maximum Gasteiger partial charge on any atom is 0.189 e. The molecule has 1 aliphatic heterocycles. The second-order valence-corrected chi connectivity index (χ2v) is 5.84. The third-order valence-corrected chi connectivity index (χ3v) is 4.38. The van der Waals surface area contributed by atoms with E-state index in [4.69, 9.17) is 11.1 Å². The summed E-state index contributed by atoms with van der Waals surface area (Å²) in [7, 11) is 0. The zero-order chi connectivity index (χ0) is 15.2. The van der Waals surface area contributed by atoms with E-state index < -0.39 is 0 Å². The quantitative estimate of drug-likeness (QED) is 0.460. The molecule has 1 heterocycles. The normalized spacial score (nSPS) is 17.7. The zero-order valence-electron chi connectivity index (χ0n) is 13.3. The van der Waals surface area contributed by atoms with E-state index in [2.05, 4.69) is 43.0 Å². The third-order valence-electron chi connectivity index (χ3n) is 4.38. The summed E-state index contributed by atoms with van der Waals surface area (Å²) < 4.78 is 0. The first-order valence-corrected chi connectivity index (χ1v) is 8.08. The van der Waals surface area contributed by atoms with Crippen LogP contribution < -0.4 is 5.73 Å². The van der Waals surface area contributed by atoms with Crippen molar-refractivity contribution in [2.45, 2.75) is 52.1 Å². The Bertz CT molecular complexity index is 472. The van der Waals surface area contributed by atoms with Crippen molar-refractivity contribution in [3.63, 3.8) is 0 Å². The van der Waals surface area contributed by atoms with Gasteiger partial charge in [-0.1, -0.05) is 50.5 Å². The number of guanidine groups is 1. The summed E-state index contributed by atoms with van der Waals surface area (Å²) in [6.45, 7) is 6.80. The predicted octanol–water partition coefficient (Wildman–Crippen LogP) is 3.30. The van der Waals surface area contributed by atoms with Crippen molar-refractivity contribution >= 4 is 5.96 Å². The third kappa shape index (κ3) is 3.76. The first-order chi connectivity index (χ1) is 10.2. The molecule has 2 rings (SSSR count). The lowest BCUT2D eigenvalue weighted by Crippen LogP contribution is -2.43. The van der Waals surface area contributed by atoms with Gasteiger partial charge in [-0.05, 0) is 24.5 Å².